The first kappa shape index (κ1) is 13.4. The lowest BCUT2D eigenvalue weighted by Gasteiger charge is -2.43. The minimum atomic E-state index is -0.701. The fraction of sp³-hybridized carbons (Fsp3) is 0.417. The Morgan fingerprint density at radius 2 is 2.05 bits per heavy atom. The number of carbonyl (C=O) groups is 1. The van der Waals surface area contributed by atoms with Crippen LogP contribution in [0.3, 0.4) is 0 Å². The van der Waals surface area contributed by atoms with Crippen LogP contribution in [0.4, 0.5) is 11.4 Å². The van der Waals surface area contributed by atoms with E-state index in [2.05, 4.69) is 5.32 Å². The van der Waals surface area contributed by atoms with Gasteiger partial charge >= 0.3 is 0 Å². The summed E-state index contributed by atoms with van der Waals surface area (Å²) >= 11 is 0. The molecule has 0 saturated carbocycles. The Bertz CT molecular complexity index is 490. The average molecular weight is 265 g/mol. The third kappa shape index (κ3) is 3.49. The minimum Gasteiger partial charge on any atom is -0.388 e. The maximum atomic E-state index is 11.7. The highest BCUT2D eigenvalue weighted by Gasteiger charge is 2.37. The van der Waals surface area contributed by atoms with Gasteiger partial charge in [0.25, 0.3) is 5.69 Å². The Morgan fingerprint density at radius 1 is 1.47 bits per heavy atom. The number of aliphatic hydroxyl groups is 1. The van der Waals surface area contributed by atoms with Crippen molar-refractivity contribution in [3.63, 3.8) is 0 Å². The van der Waals surface area contributed by atoms with Crippen molar-refractivity contribution in [2.24, 2.45) is 0 Å². The molecule has 2 rings (SSSR count). The first-order valence-corrected chi connectivity index (χ1v) is 5.85. The largest absolute Gasteiger partial charge is 0.388 e. The summed E-state index contributed by atoms with van der Waals surface area (Å²) in [7, 11) is 0. The van der Waals surface area contributed by atoms with Gasteiger partial charge in [0.1, 0.15) is 0 Å². The van der Waals surface area contributed by atoms with Gasteiger partial charge in [0.2, 0.25) is 5.91 Å². The number of carbonyl (C=O) groups excluding carboxylic acids is 1. The van der Waals surface area contributed by atoms with Crippen molar-refractivity contribution in [1.29, 1.82) is 0 Å². The third-order valence-electron chi connectivity index (χ3n) is 2.86. The number of hydrogen-bond acceptors (Lipinski definition) is 5. The van der Waals surface area contributed by atoms with Gasteiger partial charge in [0.05, 0.1) is 17.1 Å². The molecule has 1 heterocycles. The number of β-amino-alcohol motifs (C(OH)–C–C–N with tert-alkyl or cyclic N) is 1. The van der Waals surface area contributed by atoms with Crippen molar-refractivity contribution in [3.05, 3.63) is 34.4 Å². The quantitative estimate of drug-likeness (QED) is 0.614. The number of nitrogens with one attached hydrogen (secondary N) is 1. The minimum absolute atomic E-state index is 0.0169. The molecule has 1 amide bonds. The van der Waals surface area contributed by atoms with Gasteiger partial charge in [0, 0.05) is 30.9 Å². The molecule has 1 fully saturated rings. The number of rotatable bonds is 4. The Labute approximate surface area is 110 Å². The Balaban J connectivity index is 1.84. The number of likely N-dealkylation sites (tertiary alicyclic amines) is 1. The Kier molecular flexibility index (Phi) is 3.50. The van der Waals surface area contributed by atoms with E-state index in [1.54, 1.807) is 6.92 Å². The first-order chi connectivity index (χ1) is 8.85. The number of anilines is 1. The third-order valence-corrected chi connectivity index (χ3v) is 2.86. The molecule has 102 valence electrons. The van der Waals surface area contributed by atoms with E-state index in [-0.39, 0.29) is 18.1 Å². The molecule has 0 bridgehead atoms. The van der Waals surface area contributed by atoms with E-state index in [1.807, 2.05) is 4.90 Å². The molecule has 0 unspecified atom stereocenters. The van der Waals surface area contributed by atoms with E-state index in [4.69, 9.17) is 0 Å². The summed E-state index contributed by atoms with van der Waals surface area (Å²) in [5, 5.41) is 22.7. The lowest BCUT2D eigenvalue weighted by molar-refractivity contribution is -0.384. The predicted molar refractivity (Wildman–Crippen MR) is 68.8 cm³/mol. The molecule has 1 aliphatic rings. The molecule has 0 radical (unpaired) electrons. The molecule has 0 aliphatic carbocycles. The van der Waals surface area contributed by atoms with E-state index >= 15 is 0 Å². The SMILES string of the molecule is CC1(O)CN(CC(=O)Nc2ccc([N+](=O)[O-])cc2)C1. The van der Waals surface area contributed by atoms with Crippen LogP contribution in [0.2, 0.25) is 0 Å². The smallest absolute Gasteiger partial charge is 0.269 e. The zero-order valence-corrected chi connectivity index (χ0v) is 10.5. The number of nitro benzene ring substituents is 1. The highest BCUT2D eigenvalue weighted by Crippen LogP contribution is 2.19. The molecule has 1 aromatic carbocycles. The molecule has 0 spiro atoms. The molecule has 1 aromatic rings. The second-order valence-corrected chi connectivity index (χ2v) is 4.99. The summed E-state index contributed by atoms with van der Waals surface area (Å²) in [5.74, 6) is -0.204. The molecule has 0 aromatic heterocycles. The molecule has 2 N–H and O–H groups in total. The lowest BCUT2D eigenvalue weighted by atomic mass is 9.97. The maximum absolute atomic E-state index is 11.7. The van der Waals surface area contributed by atoms with Crippen LogP contribution in [0.5, 0.6) is 0 Å². The van der Waals surface area contributed by atoms with Crippen molar-refractivity contribution in [2.45, 2.75) is 12.5 Å². The van der Waals surface area contributed by atoms with E-state index in [0.29, 0.717) is 18.8 Å². The number of nitro groups is 1. The van der Waals surface area contributed by atoms with E-state index in [0.717, 1.165) is 0 Å². The molecule has 19 heavy (non-hydrogen) atoms. The highest BCUT2D eigenvalue weighted by molar-refractivity contribution is 5.92. The number of hydrogen-bond donors (Lipinski definition) is 2. The second kappa shape index (κ2) is 4.94. The van der Waals surface area contributed by atoms with Crippen LogP contribution in [0, 0.1) is 10.1 Å². The van der Waals surface area contributed by atoms with Crippen molar-refractivity contribution in [2.75, 3.05) is 25.0 Å². The summed E-state index contributed by atoms with van der Waals surface area (Å²) < 4.78 is 0. The normalized spacial score (nSPS) is 17.6. The summed E-state index contributed by atoms with van der Waals surface area (Å²) in [6.45, 7) is 2.87. The summed E-state index contributed by atoms with van der Waals surface area (Å²) in [4.78, 5) is 23.5. The standard InChI is InChI=1S/C12H15N3O4/c1-12(17)7-14(8-12)6-11(16)13-9-2-4-10(5-3-9)15(18)19/h2-5,17H,6-8H2,1H3,(H,13,16). The van der Waals surface area contributed by atoms with Gasteiger partial charge in [-0.2, -0.15) is 0 Å². The molecule has 1 saturated heterocycles. The van der Waals surface area contributed by atoms with Crippen molar-refractivity contribution < 1.29 is 14.8 Å². The Hall–Kier alpha value is -1.99. The molecule has 7 nitrogen and oxygen atoms in total. The molecule has 1 aliphatic heterocycles. The second-order valence-electron chi connectivity index (χ2n) is 4.99. The van der Waals surface area contributed by atoms with Gasteiger partial charge in [-0.15, -0.1) is 0 Å². The number of nitrogens with zero attached hydrogens (tertiary/aromatic N) is 2. The maximum Gasteiger partial charge on any atom is 0.269 e. The van der Waals surface area contributed by atoms with Gasteiger partial charge in [-0.05, 0) is 19.1 Å². The molecule has 7 heteroatoms. The fourth-order valence-corrected chi connectivity index (χ4v) is 2.10. The number of benzene rings is 1. The van der Waals surface area contributed by atoms with Crippen LogP contribution in [-0.2, 0) is 4.79 Å². The summed E-state index contributed by atoms with van der Waals surface area (Å²) in [6.07, 6.45) is 0. The topological polar surface area (TPSA) is 95.7 Å². The summed E-state index contributed by atoms with van der Waals surface area (Å²) in [6, 6.07) is 5.65. The zero-order chi connectivity index (χ0) is 14.0. The van der Waals surface area contributed by atoms with E-state index < -0.39 is 10.5 Å². The van der Waals surface area contributed by atoms with Crippen LogP contribution in [-0.4, -0.2) is 46.1 Å². The van der Waals surface area contributed by atoms with Crippen molar-refractivity contribution in [1.82, 2.24) is 4.90 Å². The fourth-order valence-electron chi connectivity index (χ4n) is 2.10. The van der Waals surface area contributed by atoms with E-state index in [1.165, 1.54) is 24.3 Å². The summed E-state index contributed by atoms with van der Waals surface area (Å²) in [5.41, 5.74) is -0.201. The van der Waals surface area contributed by atoms with Crippen LogP contribution in [0.15, 0.2) is 24.3 Å². The average Bonchev–Trinajstić information content (AvgIpc) is 2.27. The van der Waals surface area contributed by atoms with Gasteiger partial charge in [-0.1, -0.05) is 0 Å². The van der Waals surface area contributed by atoms with Crippen molar-refractivity contribution in [3.8, 4) is 0 Å². The van der Waals surface area contributed by atoms with Gasteiger partial charge in [-0.3, -0.25) is 19.8 Å². The van der Waals surface area contributed by atoms with Crippen LogP contribution in [0.1, 0.15) is 6.92 Å². The molecular weight excluding hydrogens is 250 g/mol. The zero-order valence-electron chi connectivity index (χ0n) is 10.5. The highest BCUT2D eigenvalue weighted by atomic mass is 16.6. The van der Waals surface area contributed by atoms with Gasteiger partial charge < -0.3 is 10.4 Å². The van der Waals surface area contributed by atoms with E-state index in [9.17, 15) is 20.0 Å². The first-order valence-electron chi connectivity index (χ1n) is 5.85. The van der Waals surface area contributed by atoms with Crippen LogP contribution in [0.25, 0.3) is 0 Å². The Morgan fingerprint density at radius 3 is 2.53 bits per heavy atom. The van der Waals surface area contributed by atoms with Gasteiger partial charge in [0.15, 0.2) is 0 Å². The number of non-ortho nitro benzene ring substituents is 1. The van der Waals surface area contributed by atoms with Crippen LogP contribution >= 0.6 is 0 Å². The van der Waals surface area contributed by atoms with Crippen LogP contribution < -0.4 is 5.32 Å². The molecular formula is C12H15N3O4. The number of amides is 1. The monoisotopic (exact) mass is 265 g/mol. The van der Waals surface area contributed by atoms with Crippen molar-refractivity contribution >= 4 is 17.3 Å². The van der Waals surface area contributed by atoms with Gasteiger partial charge in [-0.25, -0.2) is 0 Å². The lowest BCUT2D eigenvalue weighted by Crippen LogP contribution is -2.61. The molecule has 0 atom stereocenters. The predicted octanol–water partition coefficient (Wildman–Crippen LogP) is 0.600.